The standard InChI is InChI=1S/C45H42N8O2/c1-43(2,3)23-17-19-25-29(21-23)39-47-34-24-18-16-22(42(54)55)20-28(24)38(46-34)49-36-26-12-10-14-30(44(4,5)6)32(26)41(51-36)53-37-27-13-11-15-31(45(7,8)9)33(27)40(52-37)50-35(25)48-39/h10-21H,1-9H3,(H,54,55)(H2,46,47,48,49,50,51,52,53). The molecule has 8 bridgehead atoms. The van der Waals surface area contributed by atoms with Gasteiger partial charge in [-0.2, -0.15) is 0 Å². The summed E-state index contributed by atoms with van der Waals surface area (Å²) in [7, 11) is 0. The number of carboxylic acids is 1. The van der Waals surface area contributed by atoms with Crippen LogP contribution in [0.4, 0.5) is 0 Å². The molecule has 55 heavy (non-hydrogen) atoms. The van der Waals surface area contributed by atoms with E-state index in [0.29, 0.717) is 57.0 Å². The molecule has 5 heterocycles. The smallest absolute Gasteiger partial charge is 0.335 e. The lowest BCUT2D eigenvalue weighted by Crippen LogP contribution is -2.12. The predicted molar refractivity (Wildman–Crippen MR) is 219 cm³/mol. The Morgan fingerprint density at radius 3 is 1.80 bits per heavy atom. The van der Waals surface area contributed by atoms with Gasteiger partial charge in [0.25, 0.3) is 0 Å². The van der Waals surface area contributed by atoms with Gasteiger partial charge in [0.15, 0.2) is 23.3 Å². The number of aromatic nitrogens is 8. The van der Waals surface area contributed by atoms with Crippen molar-refractivity contribution in [3.05, 3.63) is 95.1 Å². The Bertz CT molecular complexity index is 2970. The number of H-pyrrole nitrogens is 2. The molecule has 2 aliphatic heterocycles. The summed E-state index contributed by atoms with van der Waals surface area (Å²) < 4.78 is 0. The minimum absolute atomic E-state index is 0.119. The van der Waals surface area contributed by atoms with Crippen molar-refractivity contribution >= 4 is 50.1 Å². The molecule has 10 heteroatoms. The predicted octanol–water partition coefficient (Wildman–Crippen LogP) is 10.5. The average molecular weight is 727 g/mol. The van der Waals surface area contributed by atoms with Crippen LogP contribution in [0.3, 0.4) is 0 Å². The van der Waals surface area contributed by atoms with Gasteiger partial charge in [-0.3, -0.25) is 0 Å². The fourth-order valence-corrected chi connectivity index (χ4v) is 7.74. The number of carbonyl (C=O) groups is 1. The van der Waals surface area contributed by atoms with E-state index in [4.69, 9.17) is 29.9 Å². The number of carboxylic acid groups (broad SMARTS) is 1. The van der Waals surface area contributed by atoms with Gasteiger partial charge < -0.3 is 15.1 Å². The van der Waals surface area contributed by atoms with Crippen molar-refractivity contribution in [3.8, 4) is 45.6 Å². The number of hydrogen-bond acceptors (Lipinski definition) is 7. The minimum Gasteiger partial charge on any atom is -0.478 e. The van der Waals surface area contributed by atoms with E-state index in [0.717, 1.165) is 49.4 Å². The quantitative estimate of drug-likeness (QED) is 0.151. The normalized spacial score (nSPS) is 13.0. The van der Waals surface area contributed by atoms with Crippen molar-refractivity contribution in [1.29, 1.82) is 0 Å². The van der Waals surface area contributed by atoms with Crippen molar-refractivity contribution in [2.45, 2.75) is 78.6 Å². The number of benzene rings is 4. The summed E-state index contributed by atoms with van der Waals surface area (Å²) in [6.07, 6.45) is 0. The second-order valence-electron chi connectivity index (χ2n) is 17.6. The van der Waals surface area contributed by atoms with Crippen LogP contribution in [0.25, 0.3) is 89.7 Å². The van der Waals surface area contributed by atoms with Gasteiger partial charge in [0.05, 0.1) is 5.56 Å². The van der Waals surface area contributed by atoms with Gasteiger partial charge in [0.1, 0.15) is 22.6 Å². The third-order valence-corrected chi connectivity index (χ3v) is 10.6. The van der Waals surface area contributed by atoms with E-state index in [2.05, 4.69) is 115 Å². The number of fused-ring (bicyclic) bond motifs is 20. The molecule has 0 radical (unpaired) electrons. The van der Waals surface area contributed by atoms with Gasteiger partial charge in [-0.05, 0) is 57.2 Å². The molecule has 9 rings (SSSR count). The van der Waals surface area contributed by atoms with E-state index in [1.165, 1.54) is 0 Å². The van der Waals surface area contributed by atoms with Gasteiger partial charge in [0.2, 0.25) is 0 Å². The molecule has 274 valence electrons. The maximum atomic E-state index is 12.2. The average Bonchev–Trinajstić information content (AvgIpc) is 3.85. The zero-order valence-electron chi connectivity index (χ0n) is 32.5. The van der Waals surface area contributed by atoms with E-state index in [-0.39, 0.29) is 21.8 Å². The van der Waals surface area contributed by atoms with Gasteiger partial charge in [-0.1, -0.05) is 111 Å². The summed E-state index contributed by atoms with van der Waals surface area (Å²) in [5.74, 6) is 0.847. The topological polar surface area (TPSA) is 146 Å². The highest BCUT2D eigenvalue weighted by Crippen LogP contribution is 2.43. The summed E-state index contributed by atoms with van der Waals surface area (Å²) in [5, 5.41) is 13.6. The van der Waals surface area contributed by atoms with Gasteiger partial charge >= 0.3 is 5.97 Å². The van der Waals surface area contributed by atoms with Gasteiger partial charge in [-0.15, -0.1) is 0 Å². The highest BCUT2D eigenvalue weighted by atomic mass is 16.4. The molecular formula is C45H42N8O2. The van der Waals surface area contributed by atoms with Crippen molar-refractivity contribution < 1.29 is 9.90 Å². The number of nitrogens with one attached hydrogen (secondary N) is 2. The zero-order valence-corrected chi connectivity index (χ0v) is 32.5. The fourth-order valence-electron chi connectivity index (χ4n) is 7.74. The monoisotopic (exact) mass is 726 g/mol. The Hall–Kier alpha value is -6.29. The second-order valence-corrected chi connectivity index (χ2v) is 17.6. The lowest BCUT2D eigenvalue weighted by Gasteiger charge is -2.22. The van der Waals surface area contributed by atoms with Gasteiger partial charge in [-0.25, -0.2) is 34.7 Å². The maximum absolute atomic E-state index is 12.2. The number of aromatic carboxylic acids is 1. The minimum atomic E-state index is -1.04. The van der Waals surface area contributed by atoms with Crippen LogP contribution in [0.15, 0.2) is 72.8 Å². The summed E-state index contributed by atoms with van der Waals surface area (Å²) >= 11 is 0. The first-order valence-electron chi connectivity index (χ1n) is 18.6. The molecular weight excluding hydrogens is 685 g/mol. The molecule has 0 fully saturated rings. The van der Waals surface area contributed by atoms with Crippen LogP contribution < -0.4 is 0 Å². The summed E-state index contributed by atoms with van der Waals surface area (Å²) in [5.41, 5.74) is 8.42. The van der Waals surface area contributed by atoms with Crippen LogP contribution in [-0.2, 0) is 16.2 Å². The molecule has 0 atom stereocenters. The number of hydrogen-bond donors (Lipinski definition) is 3. The molecule has 0 spiro atoms. The van der Waals surface area contributed by atoms with Crippen molar-refractivity contribution in [3.63, 3.8) is 0 Å². The van der Waals surface area contributed by atoms with E-state index in [1.807, 2.05) is 12.1 Å². The summed E-state index contributed by atoms with van der Waals surface area (Å²) in [6.45, 7) is 19.7. The van der Waals surface area contributed by atoms with Gasteiger partial charge in [0, 0.05) is 43.8 Å². The van der Waals surface area contributed by atoms with E-state index >= 15 is 0 Å². The molecule has 0 aliphatic carbocycles. The fraction of sp³-hybridized carbons (Fsp3) is 0.267. The van der Waals surface area contributed by atoms with E-state index in [9.17, 15) is 9.90 Å². The Labute approximate surface area is 318 Å². The van der Waals surface area contributed by atoms with Crippen molar-refractivity contribution in [2.24, 2.45) is 0 Å². The van der Waals surface area contributed by atoms with Crippen molar-refractivity contribution in [2.75, 3.05) is 0 Å². The molecule has 3 aromatic heterocycles. The van der Waals surface area contributed by atoms with Crippen LogP contribution in [0, 0.1) is 0 Å². The highest BCUT2D eigenvalue weighted by molar-refractivity contribution is 6.08. The number of aromatic amines is 2. The number of nitrogens with zero attached hydrogens (tertiary/aromatic N) is 6. The molecule has 7 aromatic rings. The lowest BCUT2D eigenvalue weighted by molar-refractivity contribution is 0.0697. The Balaban J connectivity index is 1.51. The van der Waals surface area contributed by atoms with Crippen LogP contribution in [0.2, 0.25) is 0 Å². The van der Waals surface area contributed by atoms with Crippen LogP contribution >= 0.6 is 0 Å². The van der Waals surface area contributed by atoms with Crippen LogP contribution in [0.1, 0.15) is 89.4 Å². The lowest BCUT2D eigenvalue weighted by atomic mass is 9.82. The third-order valence-electron chi connectivity index (χ3n) is 10.6. The first-order chi connectivity index (χ1) is 26.0. The second kappa shape index (κ2) is 11.6. The number of rotatable bonds is 1. The van der Waals surface area contributed by atoms with Crippen LogP contribution in [-0.4, -0.2) is 50.9 Å². The Kier molecular flexibility index (Phi) is 7.27. The molecule has 3 N–H and O–H groups in total. The first-order valence-corrected chi connectivity index (χ1v) is 18.6. The molecule has 4 aromatic carbocycles. The largest absolute Gasteiger partial charge is 0.478 e. The Morgan fingerprint density at radius 2 is 1.09 bits per heavy atom. The van der Waals surface area contributed by atoms with E-state index in [1.54, 1.807) is 18.2 Å². The molecule has 2 aliphatic rings. The third kappa shape index (κ3) is 5.58. The highest BCUT2D eigenvalue weighted by Gasteiger charge is 2.29. The molecule has 10 nitrogen and oxygen atoms in total. The zero-order chi connectivity index (χ0) is 38.8. The first kappa shape index (κ1) is 34.5. The molecule has 0 saturated carbocycles. The van der Waals surface area contributed by atoms with Crippen LogP contribution in [0.5, 0.6) is 0 Å². The maximum Gasteiger partial charge on any atom is 0.335 e. The molecule has 0 unspecified atom stereocenters. The van der Waals surface area contributed by atoms with E-state index < -0.39 is 5.97 Å². The molecule has 0 amide bonds. The van der Waals surface area contributed by atoms with Crippen molar-refractivity contribution in [1.82, 2.24) is 39.9 Å². The molecule has 0 saturated heterocycles. The summed E-state index contributed by atoms with van der Waals surface area (Å²) in [4.78, 5) is 50.4. The summed E-state index contributed by atoms with van der Waals surface area (Å²) in [6, 6.07) is 23.8. The SMILES string of the molecule is CC(C)(C)c1ccc2c3nc4nc(nc5[nH]c(nc6nc(nc([nH]3)c2c1)-c1ccc(C(=O)O)cc1-6)c1cccc(C(C)(C)C)c51)-c1cccc(C(C)(C)C)c1-4. The Morgan fingerprint density at radius 1 is 0.509 bits per heavy atom.